The summed E-state index contributed by atoms with van der Waals surface area (Å²) in [4.78, 5) is 4.31. The van der Waals surface area contributed by atoms with Crippen LogP contribution in [0.3, 0.4) is 0 Å². The Morgan fingerprint density at radius 2 is 2.21 bits per heavy atom. The Kier molecular flexibility index (Phi) is 3.88. The number of rotatable bonds is 3. The maximum Gasteiger partial charge on any atom is 0.140 e. The first-order chi connectivity index (χ1) is 9.11. The number of aromatic nitrogens is 1. The van der Waals surface area contributed by atoms with Gasteiger partial charge in [-0.2, -0.15) is 5.26 Å². The molecule has 1 heterocycles. The van der Waals surface area contributed by atoms with Gasteiger partial charge in [-0.3, -0.25) is 9.19 Å². The van der Waals surface area contributed by atoms with Crippen LogP contribution in [-0.4, -0.2) is 9.19 Å². The van der Waals surface area contributed by atoms with E-state index in [9.17, 15) is 8.60 Å². The summed E-state index contributed by atoms with van der Waals surface area (Å²) in [5, 5.41) is 8.74. The van der Waals surface area contributed by atoms with Crippen molar-refractivity contribution in [2.45, 2.75) is 10.6 Å². The minimum Gasteiger partial charge on any atom is -0.396 e. The quantitative estimate of drug-likeness (QED) is 0.928. The second kappa shape index (κ2) is 5.59. The van der Waals surface area contributed by atoms with Crippen LogP contribution in [0.4, 0.5) is 10.1 Å². The molecule has 6 heteroatoms. The summed E-state index contributed by atoms with van der Waals surface area (Å²) in [6, 6.07) is 7.43. The molecule has 96 valence electrons. The van der Waals surface area contributed by atoms with E-state index in [1.165, 1.54) is 30.6 Å². The highest BCUT2D eigenvalue weighted by molar-refractivity contribution is 7.84. The molecule has 0 spiro atoms. The van der Waals surface area contributed by atoms with Crippen molar-refractivity contribution in [2.24, 2.45) is 0 Å². The van der Waals surface area contributed by atoms with Gasteiger partial charge in [0.25, 0.3) is 0 Å². The van der Waals surface area contributed by atoms with E-state index in [1.54, 1.807) is 12.1 Å². The van der Waals surface area contributed by atoms with Crippen molar-refractivity contribution in [1.29, 1.82) is 5.26 Å². The number of nitrogens with zero attached hydrogens (tertiary/aromatic N) is 2. The Morgan fingerprint density at radius 3 is 2.89 bits per heavy atom. The third kappa shape index (κ3) is 2.95. The van der Waals surface area contributed by atoms with Crippen LogP contribution in [0.1, 0.15) is 11.1 Å². The third-order valence-electron chi connectivity index (χ3n) is 2.50. The first-order valence-electron chi connectivity index (χ1n) is 5.38. The summed E-state index contributed by atoms with van der Waals surface area (Å²) in [5.74, 6) is -0.413. The van der Waals surface area contributed by atoms with Gasteiger partial charge >= 0.3 is 0 Å². The Bertz CT molecular complexity index is 682. The van der Waals surface area contributed by atoms with Gasteiger partial charge in [0.1, 0.15) is 11.9 Å². The molecule has 1 atom stereocenters. The third-order valence-corrected chi connectivity index (χ3v) is 3.96. The number of nitriles is 1. The second-order valence-corrected chi connectivity index (χ2v) is 5.25. The molecule has 4 nitrogen and oxygen atoms in total. The van der Waals surface area contributed by atoms with Crippen LogP contribution in [-0.2, 0) is 16.6 Å². The summed E-state index contributed by atoms with van der Waals surface area (Å²) in [5.41, 5.74) is 6.60. The number of nitrogen functional groups attached to an aromatic ring is 1. The fourth-order valence-corrected chi connectivity index (χ4v) is 2.74. The van der Waals surface area contributed by atoms with Gasteiger partial charge in [-0.25, -0.2) is 4.39 Å². The maximum absolute atomic E-state index is 13.2. The molecular weight excluding hydrogens is 265 g/mol. The molecule has 0 radical (unpaired) electrons. The van der Waals surface area contributed by atoms with E-state index >= 15 is 0 Å². The SMILES string of the molecule is N#Cc1cc(CS(=O)c2ccncc2N)ccc1F. The molecule has 19 heavy (non-hydrogen) atoms. The van der Waals surface area contributed by atoms with E-state index in [0.717, 1.165) is 0 Å². The van der Waals surface area contributed by atoms with Gasteiger partial charge < -0.3 is 5.73 Å². The molecule has 2 aromatic rings. The minimum absolute atomic E-state index is 0.0581. The average Bonchev–Trinajstić information content (AvgIpc) is 2.41. The van der Waals surface area contributed by atoms with Crippen LogP contribution in [0.5, 0.6) is 0 Å². The molecule has 0 saturated carbocycles. The number of hydrogen-bond acceptors (Lipinski definition) is 4. The van der Waals surface area contributed by atoms with E-state index in [4.69, 9.17) is 11.0 Å². The van der Waals surface area contributed by atoms with Crippen LogP contribution in [0, 0.1) is 17.1 Å². The largest absolute Gasteiger partial charge is 0.396 e. The number of hydrogen-bond donors (Lipinski definition) is 1. The van der Waals surface area contributed by atoms with E-state index in [-0.39, 0.29) is 11.3 Å². The Labute approximate surface area is 112 Å². The lowest BCUT2D eigenvalue weighted by molar-refractivity contribution is 0.623. The predicted molar refractivity (Wildman–Crippen MR) is 69.9 cm³/mol. The fourth-order valence-electron chi connectivity index (χ4n) is 1.58. The summed E-state index contributed by atoms with van der Waals surface area (Å²) < 4.78 is 25.3. The lowest BCUT2D eigenvalue weighted by Gasteiger charge is -2.05. The maximum atomic E-state index is 13.2. The molecule has 0 aliphatic heterocycles. The fraction of sp³-hybridized carbons (Fsp3) is 0.0769. The smallest absolute Gasteiger partial charge is 0.140 e. The van der Waals surface area contributed by atoms with Gasteiger partial charge in [-0.1, -0.05) is 6.07 Å². The standard InChI is InChI=1S/C13H10FN3OS/c14-11-2-1-9(5-10(11)6-15)8-19(18)13-3-4-17-7-12(13)16/h1-5,7H,8,16H2. The van der Waals surface area contributed by atoms with Crippen molar-refractivity contribution < 1.29 is 8.60 Å². The number of anilines is 1. The molecule has 0 amide bonds. The zero-order valence-electron chi connectivity index (χ0n) is 9.84. The van der Waals surface area contributed by atoms with Crippen molar-refractivity contribution in [1.82, 2.24) is 4.98 Å². The van der Waals surface area contributed by atoms with Gasteiger partial charge in [-0.05, 0) is 23.8 Å². The van der Waals surface area contributed by atoms with E-state index < -0.39 is 16.6 Å². The summed E-state index contributed by atoms with van der Waals surface area (Å²) in [6.45, 7) is 0. The molecule has 0 saturated heterocycles. The first-order valence-corrected chi connectivity index (χ1v) is 6.70. The van der Waals surface area contributed by atoms with Gasteiger partial charge in [0.05, 0.1) is 38.9 Å². The monoisotopic (exact) mass is 275 g/mol. The number of nitrogens with two attached hydrogens (primary N) is 1. The van der Waals surface area contributed by atoms with Crippen LogP contribution in [0.25, 0.3) is 0 Å². The predicted octanol–water partition coefficient (Wildman–Crippen LogP) is 1.98. The van der Waals surface area contributed by atoms with Crippen LogP contribution in [0.2, 0.25) is 0 Å². The highest BCUT2D eigenvalue weighted by Gasteiger charge is 2.10. The highest BCUT2D eigenvalue weighted by atomic mass is 32.2. The van der Waals surface area contributed by atoms with E-state index in [1.807, 2.05) is 0 Å². The lowest BCUT2D eigenvalue weighted by atomic mass is 10.1. The number of pyridine rings is 1. The van der Waals surface area contributed by atoms with Crippen LogP contribution in [0.15, 0.2) is 41.6 Å². The average molecular weight is 275 g/mol. The molecule has 0 fully saturated rings. The van der Waals surface area contributed by atoms with Crippen molar-refractivity contribution in [2.75, 3.05) is 5.73 Å². The molecule has 1 aromatic carbocycles. The highest BCUT2D eigenvalue weighted by Crippen LogP contribution is 2.19. The van der Waals surface area contributed by atoms with Gasteiger partial charge in [-0.15, -0.1) is 0 Å². The topological polar surface area (TPSA) is 79.8 Å². The molecule has 0 bridgehead atoms. The Hall–Kier alpha value is -2.26. The second-order valence-electron chi connectivity index (χ2n) is 3.83. The summed E-state index contributed by atoms with van der Waals surface area (Å²) in [6.07, 6.45) is 2.94. The number of benzene rings is 1. The van der Waals surface area contributed by atoms with Gasteiger partial charge in [0.2, 0.25) is 0 Å². The molecule has 0 aliphatic rings. The zero-order valence-corrected chi connectivity index (χ0v) is 10.7. The van der Waals surface area contributed by atoms with Gasteiger partial charge in [0, 0.05) is 6.20 Å². The Morgan fingerprint density at radius 1 is 1.42 bits per heavy atom. The minimum atomic E-state index is -1.36. The van der Waals surface area contributed by atoms with E-state index in [2.05, 4.69) is 4.98 Å². The molecular formula is C13H10FN3OS. The van der Waals surface area contributed by atoms with Crippen molar-refractivity contribution in [3.8, 4) is 6.07 Å². The zero-order chi connectivity index (χ0) is 13.8. The van der Waals surface area contributed by atoms with E-state index in [0.29, 0.717) is 16.1 Å². The van der Waals surface area contributed by atoms with Crippen LogP contribution < -0.4 is 5.73 Å². The van der Waals surface area contributed by atoms with Crippen LogP contribution >= 0.6 is 0 Å². The van der Waals surface area contributed by atoms with Crippen molar-refractivity contribution in [3.05, 3.63) is 53.6 Å². The van der Waals surface area contributed by atoms with Gasteiger partial charge in [0.15, 0.2) is 0 Å². The molecule has 1 unspecified atom stereocenters. The normalized spacial score (nSPS) is 11.8. The summed E-state index contributed by atoms with van der Waals surface area (Å²) in [7, 11) is -1.36. The molecule has 0 aliphatic carbocycles. The molecule has 2 rings (SSSR count). The molecule has 2 N–H and O–H groups in total. The van der Waals surface area contributed by atoms with Crippen molar-refractivity contribution >= 4 is 16.5 Å². The Balaban J connectivity index is 2.25. The van der Waals surface area contributed by atoms with Crippen molar-refractivity contribution in [3.63, 3.8) is 0 Å². The summed E-state index contributed by atoms with van der Waals surface area (Å²) >= 11 is 0. The first kappa shape index (κ1) is 13.2. The number of halogens is 1. The molecule has 1 aromatic heterocycles. The lowest BCUT2D eigenvalue weighted by Crippen LogP contribution is -2.02.